The smallest absolute Gasteiger partial charge is 0.276 e. The van der Waals surface area contributed by atoms with Gasteiger partial charge in [-0.05, 0) is 36.8 Å². The lowest BCUT2D eigenvalue weighted by molar-refractivity contribution is 0.0736. The summed E-state index contributed by atoms with van der Waals surface area (Å²) in [6, 6.07) is 13.1. The third kappa shape index (κ3) is 2.93. The molecule has 0 aliphatic carbocycles. The zero-order valence-electron chi connectivity index (χ0n) is 16.0. The van der Waals surface area contributed by atoms with Crippen molar-refractivity contribution in [3.8, 4) is 17.3 Å². The first-order valence-electron chi connectivity index (χ1n) is 9.53. The van der Waals surface area contributed by atoms with Gasteiger partial charge in [-0.25, -0.2) is 9.97 Å². The molecule has 1 aliphatic rings. The third-order valence-electron chi connectivity index (χ3n) is 5.31. The molecule has 4 aromatic rings. The second-order valence-electron chi connectivity index (χ2n) is 7.18. The number of fused-ring (bicyclic) bond motifs is 2. The van der Waals surface area contributed by atoms with Crippen molar-refractivity contribution in [2.24, 2.45) is 7.05 Å². The number of carbonyl (C=O) groups is 1. The van der Waals surface area contributed by atoms with Crippen LogP contribution in [0.4, 0.5) is 0 Å². The van der Waals surface area contributed by atoms with Gasteiger partial charge in [0.1, 0.15) is 11.4 Å². The predicted octanol–water partition coefficient (Wildman–Crippen LogP) is 2.58. The number of benzene rings is 1. The normalized spacial score (nSPS) is 14.0. The van der Waals surface area contributed by atoms with Gasteiger partial charge in [0.15, 0.2) is 11.5 Å². The molecule has 4 heterocycles. The van der Waals surface area contributed by atoms with Crippen LogP contribution in [0.1, 0.15) is 22.6 Å². The summed E-state index contributed by atoms with van der Waals surface area (Å²) in [4.78, 5) is 23.4. The van der Waals surface area contributed by atoms with E-state index in [9.17, 15) is 9.90 Å². The van der Waals surface area contributed by atoms with Crippen LogP contribution in [0.5, 0.6) is 5.75 Å². The van der Waals surface area contributed by atoms with Gasteiger partial charge in [0.2, 0.25) is 0 Å². The van der Waals surface area contributed by atoms with E-state index in [-0.39, 0.29) is 17.4 Å². The highest BCUT2D eigenvalue weighted by Crippen LogP contribution is 2.26. The number of hydrogen-bond acceptors (Lipinski definition) is 5. The second-order valence-corrected chi connectivity index (χ2v) is 7.18. The zero-order valence-corrected chi connectivity index (χ0v) is 16.0. The molecule has 0 unspecified atom stereocenters. The topological polar surface area (TPSA) is 89.1 Å². The molecule has 0 spiro atoms. The van der Waals surface area contributed by atoms with Gasteiger partial charge < -0.3 is 14.6 Å². The summed E-state index contributed by atoms with van der Waals surface area (Å²) in [5.41, 5.74) is 3.78. The first-order valence-corrected chi connectivity index (χ1v) is 9.53. The molecule has 0 radical (unpaired) electrons. The molecule has 146 valence electrons. The van der Waals surface area contributed by atoms with Crippen LogP contribution >= 0.6 is 0 Å². The summed E-state index contributed by atoms with van der Waals surface area (Å²) in [5.74, 6) is 0.421. The average Bonchev–Trinajstić information content (AvgIpc) is 3.22. The zero-order chi connectivity index (χ0) is 20.0. The van der Waals surface area contributed by atoms with E-state index in [0.717, 1.165) is 41.2 Å². The highest BCUT2D eigenvalue weighted by atomic mass is 16.3. The van der Waals surface area contributed by atoms with Gasteiger partial charge in [0.25, 0.3) is 5.91 Å². The van der Waals surface area contributed by atoms with Crippen LogP contribution in [0.3, 0.4) is 0 Å². The number of aryl methyl sites for hydroxylation is 2. The van der Waals surface area contributed by atoms with Crippen LogP contribution in [0.2, 0.25) is 0 Å². The van der Waals surface area contributed by atoms with E-state index in [2.05, 4.69) is 4.98 Å². The average molecular weight is 388 g/mol. The maximum atomic E-state index is 12.9. The number of carbonyl (C=O) groups excluding carboxylic acids is 1. The van der Waals surface area contributed by atoms with Crippen molar-refractivity contribution in [2.45, 2.75) is 19.5 Å². The van der Waals surface area contributed by atoms with Crippen molar-refractivity contribution in [1.82, 2.24) is 29.2 Å². The molecule has 0 saturated heterocycles. The van der Waals surface area contributed by atoms with Crippen LogP contribution < -0.4 is 0 Å². The van der Waals surface area contributed by atoms with Gasteiger partial charge in [-0.1, -0.05) is 12.1 Å². The van der Waals surface area contributed by atoms with Crippen molar-refractivity contribution in [3.63, 3.8) is 0 Å². The fraction of sp³-hybridized carbons (Fsp3) is 0.238. The van der Waals surface area contributed by atoms with E-state index in [1.807, 2.05) is 46.6 Å². The monoisotopic (exact) mass is 388 g/mol. The lowest BCUT2D eigenvalue weighted by atomic mass is 10.2. The van der Waals surface area contributed by atoms with E-state index >= 15 is 0 Å². The molecule has 29 heavy (non-hydrogen) atoms. The number of imidazole rings is 1. The number of pyridine rings is 1. The second kappa shape index (κ2) is 6.73. The Morgan fingerprint density at radius 3 is 2.83 bits per heavy atom. The molecule has 5 rings (SSSR count). The maximum absolute atomic E-state index is 12.9. The Balaban J connectivity index is 1.48. The number of hydrogen-bond donors (Lipinski definition) is 1. The van der Waals surface area contributed by atoms with Crippen molar-refractivity contribution in [3.05, 3.63) is 60.0 Å². The van der Waals surface area contributed by atoms with Crippen molar-refractivity contribution < 1.29 is 9.90 Å². The number of amides is 1. The number of aromatic nitrogens is 5. The van der Waals surface area contributed by atoms with Gasteiger partial charge in [-0.2, -0.15) is 5.10 Å². The fourth-order valence-corrected chi connectivity index (χ4v) is 3.83. The van der Waals surface area contributed by atoms with E-state index in [0.29, 0.717) is 13.1 Å². The standard InChI is InChI=1S/C21H20N6O2/c1-25-17-7-3-2-6-15(17)23-20(25)16-12-14-13-26(10-5-11-27(14)24-16)21(29)19-18(28)8-4-9-22-19/h2-4,6-9,12,28H,5,10-11,13H2,1H3. The molecule has 1 aromatic carbocycles. The molecule has 8 heteroatoms. The Kier molecular flexibility index (Phi) is 4.04. The van der Waals surface area contributed by atoms with Gasteiger partial charge >= 0.3 is 0 Å². The van der Waals surface area contributed by atoms with Gasteiger partial charge in [0.05, 0.1) is 23.3 Å². The molecular weight excluding hydrogens is 368 g/mol. The first-order chi connectivity index (χ1) is 14.1. The number of rotatable bonds is 2. The summed E-state index contributed by atoms with van der Waals surface area (Å²) in [6.45, 7) is 1.71. The van der Waals surface area contributed by atoms with Crippen molar-refractivity contribution >= 4 is 16.9 Å². The van der Waals surface area contributed by atoms with Gasteiger partial charge in [-0.15, -0.1) is 0 Å². The lowest BCUT2D eigenvalue weighted by Crippen LogP contribution is -2.31. The molecule has 0 atom stereocenters. The molecular formula is C21H20N6O2. The Morgan fingerprint density at radius 1 is 1.14 bits per heavy atom. The summed E-state index contributed by atoms with van der Waals surface area (Å²) in [7, 11) is 1.98. The molecule has 0 saturated carbocycles. The van der Waals surface area contributed by atoms with Crippen molar-refractivity contribution in [2.75, 3.05) is 6.54 Å². The molecule has 1 N–H and O–H groups in total. The van der Waals surface area contributed by atoms with E-state index in [4.69, 9.17) is 10.1 Å². The first kappa shape index (κ1) is 17.4. The highest BCUT2D eigenvalue weighted by Gasteiger charge is 2.25. The minimum Gasteiger partial charge on any atom is -0.505 e. The molecule has 1 amide bonds. The minimum atomic E-state index is -0.276. The molecule has 1 aliphatic heterocycles. The van der Waals surface area contributed by atoms with Crippen LogP contribution in [0, 0.1) is 0 Å². The lowest BCUT2D eigenvalue weighted by Gasteiger charge is -2.19. The van der Waals surface area contributed by atoms with E-state index in [1.165, 1.54) is 12.3 Å². The van der Waals surface area contributed by atoms with Crippen LogP contribution in [0.15, 0.2) is 48.7 Å². The minimum absolute atomic E-state index is 0.0797. The molecule has 0 bridgehead atoms. The molecule has 3 aromatic heterocycles. The quantitative estimate of drug-likeness (QED) is 0.570. The summed E-state index contributed by atoms with van der Waals surface area (Å²) >= 11 is 0. The molecule has 0 fully saturated rings. The largest absolute Gasteiger partial charge is 0.505 e. The fourth-order valence-electron chi connectivity index (χ4n) is 3.83. The van der Waals surface area contributed by atoms with Gasteiger partial charge in [0, 0.05) is 26.3 Å². The van der Waals surface area contributed by atoms with Gasteiger partial charge in [-0.3, -0.25) is 9.48 Å². The van der Waals surface area contributed by atoms with Crippen LogP contribution in [-0.4, -0.2) is 46.8 Å². The number of nitrogens with zero attached hydrogens (tertiary/aromatic N) is 6. The Bertz CT molecular complexity index is 1230. The Labute approximate surface area is 167 Å². The number of aromatic hydroxyl groups is 1. The van der Waals surface area contributed by atoms with E-state index < -0.39 is 0 Å². The summed E-state index contributed by atoms with van der Waals surface area (Å²) in [6.07, 6.45) is 2.29. The number of para-hydroxylation sites is 2. The highest BCUT2D eigenvalue weighted by molar-refractivity contribution is 5.94. The van der Waals surface area contributed by atoms with Crippen molar-refractivity contribution in [1.29, 1.82) is 0 Å². The summed E-state index contributed by atoms with van der Waals surface area (Å²) < 4.78 is 3.98. The Morgan fingerprint density at radius 2 is 2.00 bits per heavy atom. The SMILES string of the molecule is Cn1c(-c2cc3n(n2)CCCN(C(=O)c2ncccc2O)C3)nc2ccccc21. The predicted molar refractivity (Wildman–Crippen MR) is 107 cm³/mol. The van der Waals surface area contributed by atoms with Crippen LogP contribution in [-0.2, 0) is 20.1 Å². The van der Waals surface area contributed by atoms with Crippen LogP contribution in [0.25, 0.3) is 22.6 Å². The summed E-state index contributed by atoms with van der Waals surface area (Å²) in [5, 5.41) is 14.7. The third-order valence-corrected chi connectivity index (χ3v) is 5.31. The Hall–Kier alpha value is -3.68. The van der Waals surface area contributed by atoms with E-state index in [1.54, 1.807) is 11.0 Å². The maximum Gasteiger partial charge on any atom is 0.276 e. The molecule has 8 nitrogen and oxygen atoms in total.